The van der Waals surface area contributed by atoms with Gasteiger partial charge in [0.1, 0.15) is 5.76 Å². The molecule has 0 saturated carbocycles. The number of likely N-dealkylation sites (tertiary alicyclic amines) is 1. The minimum atomic E-state index is 0.191. The Balaban J connectivity index is 1.60. The molecule has 1 aromatic carbocycles. The number of benzene rings is 1. The van der Waals surface area contributed by atoms with E-state index in [-0.39, 0.29) is 6.04 Å². The number of aryl methyl sites for hydroxylation is 1. The minimum Gasteiger partial charge on any atom is -0.468 e. The topological polar surface area (TPSA) is 40.4 Å². The van der Waals surface area contributed by atoms with Crippen LogP contribution in [0.2, 0.25) is 5.02 Å². The molecule has 25 heavy (non-hydrogen) atoms. The van der Waals surface area contributed by atoms with Gasteiger partial charge in [0.2, 0.25) is 0 Å². The number of thiocarbonyl (C=S) groups is 1. The molecule has 2 N–H and O–H groups in total. The van der Waals surface area contributed by atoms with E-state index in [2.05, 4.69) is 15.5 Å². The lowest BCUT2D eigenvalue weighted by Crippen LogP contribution is -2.41. The number of rotatable bonds is 5. The molecule has 0 amide bonds. The lowest BCUT2D eigenvalue weighted by molar-refractivity contribution is 0.146. The van der Waals surface area contributed by atoms with Crippen LogP contribution in [-0.2, 0) is 0 Å². The summed E-state index contributed by atoms with van der Waals surface area (Å²) in [5, 5.41) is 7.85. The number of halogens is 1. The van der Waals surface area contributed by atoms with E-state index in [0.29, 0.717) is 11.7 Å². The fraction of sp³-hybridized carbons (Fsp3) is 0.421. The quantitative estimate of drug-likeness (QED) is 0.735. The van der Waals surface area contributed by atoms with Gasteiger partial charge in [0, 0.05) is 17.3 Å². The molecule has 1 aromatic heterocycles. The molecule has 6 heteroatoms. The van der Waals surface area contributed by atoms with Gasteiger partial charge in [0.05, 0.1) is 12.3 Å². The highest BCUT2D eigenvalue weighted by Crippen LogP contribution is 2.25. The number of nitrogens with one attached hydrogen (secondary N) is 2. The van der Waals surface area contributed by atoms with E-state index < -0.39 is 0 Å². The van der Waals surface area contributed by atoms with Gasteiger partial charge in [-0.15, -0.1) is 0 Å². The Labute approximate surface area is 159 Å². The zero-order valence-electron chi connectivity index (χ0n) is 14.4. The van der Waals surface area contributed by atoms with E-state index >= 15 is 0 Å². The van der Waals surface area contributed by atoms with Crippen LogP contribution < -0.4 is 10.6 Å². The Bertz CT molecular complexity index is 699. The molecule has 1 fully saturated rings. The van der Waals surface area contributed by atoms with Crippen molar-refractivity contribution in [3.63, 3.8) is 0 Å². The molecule has 0 aliphatic carbocycles. The zero-order valence-corrected chi connectivity index (χ0v) is 16.0. The SMILES string of the molecule is Cc1ccc(NC(=S)NCC(c2ccco2)N2CCCCC2)cc1Cl. The van der Waals surface area contributed by atoms with Crippen LogP contribution in [0.1, 0.15) is 36.6 Å². The van der Waals surface area contributed by atoms with Gasteiger partial charge in [-0.05, 0) is 74.9 Å². The second-order valence-corrected chi connectivity index (χ2v) is 7.24. The normalized spacial score (nSPS) is 16.4. The van der Waals surface area contributed by atoms with Gasteiger partial charge in [-0.1, -0.05) is 24.1 Å². The van der Waals surface area contributed by atoms with E-state index in [1.54, 1.807) is 6.26 Å². The van der Waals surface area contributed by atoms with Crippen LogP contribution in [0.25, 0.3) is 0 Å². The number of piperidine rings is 1. The van der Waals surface area contributed by atoms with Gasteiger partial charge in [0.15, 0.2) is 5.11 Å². The second-order valence-electron chi connectivity index (χ2n) is 6.43. The summed E-state index contributed by atoms with van der Waals surface area (Å²) in [5.74, 6) is 0.982. The molecule has 4 nitrogen and oxygen atoms in total. The van der Waals surface area contributed by atoms with Crippen molar-refractivity contribution in [3.05, 3.63) is 52.9 Å². The Hall–Kier alpha value is -1.56. The lowest BCUT2D eigenvalue weighted by atomic mass is 10.1. The second kappa shape index (κ2) is 8.70. The molecule has 0 radical (unpaired) electrons. The third-order valence-electron chi connectivity index (χ3n) is 4.59. The number of hydrogen-bond donors (Lipinski definition) is 2. The van der Waals surface area contributed by atoms with E-state index in [0.717, 1.165) is 35.1 Å². The molecule has 1 unspecified atom stereocenters. The summed E-state index contributed by atoms with van der Waals surface area (Å²) in [6.07, 6.45) is 5.52. The average molecular weight is 378 g/mol. The molecule has 2 heterocycles. The monoisotopic (exact) mass is 377 g/mol. The van der Waals surface area contributed by atoms with Gasteiger partial charge >= 0.3 is 0 Å². The number of furan rings is 1. The summed E-state index contributed by atoms with van der Waals surface area (Å²) in [5.41, 5.74) is 1.94. The number of anilines is 1. The first-order chi connectivity index (χ1) is 12.1. The summed E-state index contributed by atoms with van der Waals surface area (Å²) < 4.78 is 5.67. The van der Waals surface area contributed by atoms with Crippen molar-refractivity contribution < 1.29 is 4.42 Å². The van der Waals surface area contributed by atoms with Crippen LogP contribution in [0, 0.1) is 6.92 Å². The first-order valence-electron chi connectivity index (χ1n) is 8.72. The molecule has 3 rings (SSSR count). The Morgan fingerprint density at radius 2 is 2.08 bits per heavy atom. The van der Waals surface area contributed by atoms with Crippen molar-refractivity contribution >= 4 is 34.6 Å². The van der Waals surface area contributed by atoms with Crippen LogP contribution in [-0.4, -0.2) is 29.6 Å². The maximum Gasteiger partial charge on any atom is 0.170 e. The van der Waals surface area contributed by atoms with Crippen molar-refractivity contribution in [2.45, 2.75) is 32.2 Å². The van der Waals surface area contributed by atoms with Crippen molar-refractivity contribution in [2.24, 2.45) is 0 Å². The number of hydrogen-bond acceptors (Lipinski definition) is 3. The molecular weight excluding hydrogens is 354 g/mol. The molecule has 1 aliphatic rings. The predicted octanol–water partition coefficient (Wildman–Crippen LogP) is 4.76. The molecule has 1 atom stereocenters. The summed E-state index contributed by atoms with van der Waals surface area (Å²) in [6.45, 7) is 4.88. The van der Waals surface area contributed by atoms with Gasteiger partial charge in [-0.25, -0.2) is 0 Å². The first kappa shape index (κ1) is 18.2. The van der Waals surface area contributed by atoms with Crippen molar-refractivity contribution in [1.82, 2.24) is 10.2 Å². The van der Waals surface area contributed by atoms with Crippen molar-refractivity contribution in [3.8, 4) is 0 Å². The van der Waals surface area contributed by atoms with Crippen LogP contribution in [0.5, 0.6) is 0 Å². The third kappa shape index (κ3) is 4.97. The molecular formula is C19H24ClN3OS. The molecule has 1 saturated heterocycles. The maximum absolute atomic E-state index is 6.17. The largest absolute Gasteiger partial charge is 0.468 e. The van der Waals surface area contributed by atoms with Crippen molar-refractivity contribution in [2.75, 3.05) is 25.0 Å². The van der Waals surface area contributed by atoms with Crippen LogP contribution in [0.3, 0.4) is 0 Å². The summed E-state index contributed by atoms with van der Waals surface area (Å²) in [7, 11) is 0. The van der Waals surface area contributed by atoms with Gasteiger partial charge < -0.3 is 15.1 Å². The molecule has 0 spiro atoms. The average Bonchev–Trinajstić information content (AvgIpc) is 3.14. The van der Waals surface area contributed by atoms with Gasteiger partial charge in [-0.3, -0.25) is 4.90 Å². The van der Waals surface area contributed by atoms with E-state index in [1.807, 2.05) is 37.3 Å². The number of nitrogens with zero attached hydrogens (tertiary/aromatic N) is 1. The minimum absolute atomic E-state index is 0.191. The molecule has 1 aliphatic heterocycles. The highest BCUT2D eigenvalue weighted by atomic mass is 35.5. The molecule has 134 valence electrons. The fourth-order valence-electron chi connectivity index (χ4n) is 3.16. The zero-order chi connectivity index (χ0) is 17.6. The van der Waals surface area contributed by atoms with E-state index in [4.69, 9.17) is 28.2 Å². The molecule has 0 bridgehead atoms. The van der Waals surface area contributed by atoms with Gasteiger partial charge in [-0.2, -0.15) is 0 Å². The lowest BCUT2D eigenvalue weighted by Gasteiger charge is -2.33. The van der Waals surface area contributed by atoms with E-state index in [1.165, 1.54) is 19.3 Å². The van der Waals surface area contributed by atoms with Crippen LogP contribution in [0.15, 0.2) is 41.0 Å². The Morgan fingerprint density at radius 1 is 1.28 bits per heavy atom. The third-order valence-corrected chi connectivity index (χ3v) is 5.24. The molecule has 2 aromatic rings. The Morgan fingerprint density at radius 3 is 2.76 bits per heavy atom. The maximum atomic E-state index is 6.17. The van der Waals surface area contributed by atoms with Crippen LogP contribution in [0.4, 0.5) is 5.69 Å². The van der Waals surface area contributed by atoms with Crippen LogP contribution >= 0.6 is 23.8 Å². The predicted molar refractivity (Wildman–Crippen MR) is 107 cm³/mol. The highest BCUT2D eigenvalue weighted by Gasteiger charge is 2.24. The van der Waals surface area contributed by atoms with E-state index in [9.17, 15) is 0 Å². The highest BCUT2D eigenvalue weighted by molar-refractivity contribution is 7.80. The van der Waals surface area contributed by atoms with Crippen molar-refractivity contribution in [1.29, 1.82) is 0 Å². The first-order valence-corrected chi connectivity index (χ1v) is 9.50. The smallest absolute Gasteiger partial charge is 0.170 e. The Kier molecular flexibility index (Phi) is 6.34. The fourth-order valence-corrected chi connectivity index (χ4v) is 3.54. The van der Waals surface area contributed by atoms with Gasteiger partial charge in [0.25, 0.3) is 0 Å². The summed E-state index contributed by atoms with van der Waals surface area (Å²) in [6, 6.07) is 10.0. The summed E-state index contributed by atoms with van der Waals surface area (Å²) >= 11 is 11.6. The standard InChI is InChI=1S/C19H24ClN3OS/c1-14-7-8-15(12-16(14)20)22-19(25)21-13-17(18-6-5-11-24-18)23-9-3-2-4-10-23/h5-8,11-12,17H,2-4,9-10,13H2,1H3,(H2,21,22,25). The summed E-state index contributed by atoms with van der Waals surface area (Å²) in [4.78, 5) is 2.47.